The molecule has 0 aromatic heterocycles. The van der Waals surface area contributed by atoms with Gasteiger partial charge in [0.25, 0.3) is 0 Å². The van der Waals surface area contributed by atoms with Crippen molar-refractivity contribution in [2.75, 3.05) is 0 Å². The quantitative estimate of drug-likeness (QED) is 0.422. The molecular weight excluding hydrogens is 194 g/mol. The highest BCUT2D eigenvalue weighted by atomic mass is 32.1. The van der Waals surface area contributed by atoms with Gasteiger partial charge < -0.3 is 0 Å². The van der Waals surface area contributed by atoms with E-state index >= 15 is 0 Å². The largest absolute Gasteiger partial charge is 0.200 e. The fourth-order valence-electron chi connectivity index (χ4n) is 0.809. The summed E-state index contributed by atoms with van der Waals surface area (Å²) in [6, 6.07) is 9.49. The second-order valence-electron chi connectivity index (χ2n) is 3.23. The zero-order valence-corrected chi connectivity index (χ0v) is 8.95. The lowest BCUT2D eigenvalue weighted by atomic mass is 10.3. The third kappa shape index (κ3) is 3.56. The van der Waals surface area contributed by atoms with E-state index in [1.165, 1.54) is 0 Å². The van der Waals surface area contributed by atoms with E-state index in [1.54, 1.807) is 0 Å². The van der Waals surface area contributed by atoms with Gasteiger partial charge in [-0.3, -0.25) is 0 Å². The second kappa shape index (κ2) is 4.74. The van der Waals surface area contributed by atoms with Crippen LogP contribution in [0.4, 0.5) is 5.69 Å². The van der Waals surface area contributed by atoms with Crippen LogP contribution in [0.3, 0.4) is 0 Å². The van der Waals surface area contributed by atoms with E-state index in [1.807, 2.05) is 44.2 Å². The molecule has 0 saturated heterocycles. The Morgan fingerprint density at radius 1 is 1.21 bits per heavy atom. The molecule has 0 bridgehead atoms. The molecule has 3 nitrogen and oxygen atoms in total. The number of nitrogens with zero attached hydrogens (tertiary/aromatic N) is 3. The molecule has 0 aliphatic rings. The van der Waals surface area contributed by atoms with Gasteiger partial charge in [-0.15, -0.1) is 0 Å². The number of hydrogen-bond acceptors (Lipinski definition) is 4. The molecule has 0 atom stereocenters. The molecule has 0 saturated carbocycles. The first-order valence-corrected chi connectivity index (χ1v) is 4.62. The first-order valence-electron chi connectivity index (χ1n) is 4.21. The van der Waals surface area contributed by atoms with Crippen molar-refractivity contribution in [3.05, 3.63) is 30.3 Å². The van der Waals surface area contributed by atoms with Gasteiger partial charge in [-0.2, -0.15) is 10.2 Å². The van der Waals surface area contributed by atoms with E-state index in [0.717, 1.165) is 5.69 Å². The van der Waals surface area contributed by atoms with Crippen molar-refractivity contribution in [3.63, 3.8) is 0 Å². The first-order chi connectivity index (χ1) is 6.64. The molecule has 1 aromatic carbocycles. The summed E-state index contributed by atoms with van der Waals surface area (Å²) in [6.45, 7) is 3.64. The molecule has 0 radical (unpaired) electrons. The Kier molecular flexibility index (Phi) is 3.63. The van der Waals surface area contributed by atoms with Crippen LogP contribution in [0, 0.1) is 0 Å². The molecule has 0 aliphatic carbocycles. The van der Waals surface area contributed by atoms with E-state index in [-0.39, 0.29) is 0 Å². The molecular formula is C10H11N3S. The van der Waals surface area contributed by atoms with Gasteiger partial charge in [0, 0.05) is 0 Å². The summed E-state index contributed by atoms with van der Waals surface area (Å²) < 4.78 is 0. The molecule has 0 amide bonds. The summed E-state index contributed by atoms with van der Waals surface area (Å²) >= 11 is 4.51. The summed E-state index contributed by atoms with van der Waals surface area (Å²) in [5.74, 6) is 0. The number of thiocarbonyl (C=S) groups is 1. The predicted octanol–water partition coefficient (Wildman–Crippen LogP) is 3.61. The molecule has 1 rings (SSSR count). The Labute approximate surface area is 88.6 Å². The van der Waals surface area contributed by atoms with E-state index < -0.39 is 5.66 Å². The molecule has 0 unspecified atom stereocenters. The van der Waals surface area contributed by atoms with Crippen LogP contribution in [0.25, 0.3) is 0 Å². The Hall–Kier alpha value is -1.38. The number of benzene rings is 1. The van der Waals surface area contributed by atoms with Crippen molar-refractivity contribution in [1.82, 2.24) is 0 Å². The molecule has 0 fully saturated rings. The van der Waals surface area contributed by atoms with Gasteiger partial charge in [-0.1, -0.05) is 18.2 Å². The van der Waals surface area contributed by atoms with Gasteiger partial charge in [0.2, 0.25) is 0 Å². The molecule has 0 N–H and O–H groups in total. The van der Waals surface area contributed by atoms with E-state index in [4.69, 9.17) is 0 Å². The van der Waals surface area contributed by atoms with Crippen molar-refractivity contribution < 1.29 is 0 Å². The number of hydrogen-bond donors (Lipinski definition) is 0. The predicted molar refractivity (Wildman–Crippen MR) is 60.1 cm³/mol. The van der Waals surface area contributed by atoms with Crippen molar-refractivity contribution in [2.24, 2.45) is 15.2 Å². The fourth-order valence-corrected chi connectivity index (χ4v) is 1.03. The minimum absolute atomic E-state index is 0.627. The molecule has 0 heterocycles. The van der Waals surface area contributed by atoms with Crippen LogP contribution in [0.15, 0.2) is 45.6 Å². The van der Waals surface area contributed by atoms with Crippen LogP contribution in [-0.4, -0.2) is 10.8 Å². The Morgan fingerprint density at radius 2 is 1.86 bits per heavy atom. The zero-order valence-electron chi connectivity index (χ0n) is 8.14. The maximum Gasteiger partial charge on any atom is 0.175 e. The number of rotatable bonds is 3. The Bertz CT molecular complexity index is 364. The van der Waals surface area contributed by atoms with Crippen molar-refractivity contribution in [3.8, 4) is 0 Å². The van der Waals surface area contributed by atoms with Gasteiger partial charge in [0.15, 0.2) is 5.66 Å². The number of isothiocyanates is 1. The molecule has 72 valence electrons. The third-order valence-corrected chi connectivity index (χ3v) is 1.58. The Balaban J connectivity index is 2.78. The van der Waals surface area contributed by atoms with Crippen molar-refractivity contribution >= 4 is 23.1 Å². The third-order valence-electron chi connectivity index (χ3n) is 1.49. The fraction of sp³-hybridized carbons (Fsp3) is 0.300. The average molecular weight is 205 g/mol. The maximum absolute atomic E-state index is 4.51. The molecule has 4 heteroatoms. The van der Waals surface area contributed by atoms with Crippen LogP contribution in [0.1, 0.15) is 13.8 Å². The van der Waals surface area contributed by atoms with Gasteiger partial charge in [-0.25, -0.2) is 4.99 Å². The van der Waals surface area contributed by atoms with Crippen molar-refractivity contribution in [2.45, 2.75) is 19.5 Å². The molecule has 1 aromatic rings. The topological polar surface area (TPSA) is 37.1 Å². The highest BCUT2D eigenvalue weighted by Gasteiger charge is 2.12. The highest BCUT2D eigenvalue weighted by molar-refractivity contribution is 7.78. The summed E-state index contributed by atoms with van der Waals surface area (Å²) in [5, 5.41) is 10.4. The summed E-state index contributed by atoms with van der Waals surface area (Å²) in [6.07, 6.45) is 0. The standard InChI is InChI=1S/C10H11N3S/c1-10(2,11-8-14)13-12-9-6-4-3-5-7-9/h3-7H,1-2H3. The Morgan fingerprint density at radius 3 is 2.43 bits per heavy atom. The normalized spacial score (nSPS) is 11.3. The van der Waals surface area contributed by atoms with Crippen LogP contribution in [0.5, 0.6) is 0 Å². The molecule has 14 heavy (non-hydrogen) atoms. The maximum atomic E-state index is 4.51. The molecule has 0 aliphatic heterocycles. The van der Waals surface area contributed by atoms with Gasteiger partial charge in [0.05, 0.1) is 10.8 Å². The lowest BCUT2D eigenvalue weighted by Gasteiger charge is -2.08. The second-order valence-corrected chi connectivity index (χ2v) is 3.42. The van der Waals surface area contributed by atoms with E-state index in [2.05, 4.69) is 32.6 Å². The minimum Gasteiger partial charge on any atom is -0.200 e. The minimum atomic E-state index is -0.627. The summed E-state index contributed by atoms with van der Waals surface area (Å²) in [7, 11) is 0. The van der Waals surface area contributed by atoms with Crippen LogP contribution < -0.4 is 0 Å². The smallest absolute Gasteiger partial charge is 0.175 e. The van der Waals surface area contributed by atoms with E-state index in [9.17, 15) is 0 Å². The van der Waals surface area contributed by atoms with Crippen LogP contribution >= 0.6 is 12.2 Å². The van der Waals surface area contributed by atoms with Crippen LogP contribution in [0.2, 0.25) is 0 Å². The zero-order chi connectivity index (χ0) is 10.4. The number of azo groups is 1. The lowest BCUT2D eigenvalue weighted by Crippen LogP contribution is -2.10. The summed E-state index contributed by atoms with van der Waals surface area (Å²) in [5.41, 5.74) is 0.178. The van der Waals surface area contributed by atoms with Gasteiger partial charge in [-0.05, 0) is 38.2 Å². The molecule has 0 spiro atoms. The van der Waals surface area contributed by atoms with Gasteiger partial charge >= 0.3 is 0 Å². The number of aliphatic imine (C=N–C) groups is 1. The van der Waals surface area contributed by atoms with Crippen molar-refractivity contribution in [1.29, 1.82) is 0 Å². The lowest BCUT2D eigenvalue weighted by molar-refractivity contribution is 0.529. The average Bonchev–Trinajstić information content (AvgIpc) is 2.17. The van der Waals surface area contributed by atoms with Crippen LogP contribution in [-0.2, 0) is 0 Å². The monoisotopic (exact) mass is 205 g/mol. The highest BCUT2D eigenvalue weighted by Crippen LogP contribution is 2.16. The SMILES string of the molecule is CC(C)(N=C=S)N=Nc1ccccc1. The first kappa shape index (κ1) is 10.7. The summed E-state index contributed by atoms with van der Waals surface area (Å²) in [4.78, 5) is 3.88. The van der Waals surface area contributed by atoms with Gasteiger partial charge in [0.1, 0.15) is 0 Å². The van der Waals surface area contributed by atoms with E-state index in [0.29, 0.717) is 0 Å².